The molecule has 0 bridgehead atoms. The van der Waals surface area contributed by atoms with Gasteiger partial charge in [-0.1, -0.05) is 6.07 Å². The molecule has 1 aromatic rings. The number of carbonyl (C=O) groups excluding carboxylic acids is 1. The smallest absolute Gasteiger partial charge is 0.315 e. The molecule has 7 nitrogen and oxygen atoms in total. The predicted octanol–water partition coefficient (Wildman–Crippen LogP) is 1.28. The number of carbonyl (C=O) groups is 1. The van der Waals surface area contributed by atoms with Gasteiger partial charge in [-0.2, -0.15) is 0 Å². The standard InChI is InChI=1S/C17H26N4O3/c1-13(15-3-2-8-24-15)20-17(22)19-12-14-4-5-16(18-11-14)21-6-9-23-10-7-21/h4-5,11,13,15H,2-3,6-10,12H2,1H3,(H2,19,20,22)/t13-,15+/m0/s1. The van der Waals surface area contributed by atoms with Crippen LogP contribution in [-0.4, -0.2) is 56.1 Å². The van der Waals surface area contributed by atoms with Gasteiger partial charge in [-0.05, 0) is 31.4 Å². The first-order valence-electron chi connectivity index (χ1n) is 8.66. The van der Waals surface area contributed by atoms with Crippen molar-refractivity contribution in [2.24, 2.45) is 0 Å². The van der Waals surface area contributed by atoms with Gasteiger partial charge in [0.2, 0.25) is 0 Å². The minimum atomic E-state index is -0.171. The Morgan fingerprint density at radius 3 is 2.88 bits per heavy atom. The Labute approximate surface area is 142 Å². The van der Waals surface area contributed by atoms with Crippen LogP contribution in [0.15, 0.2) is 18.3 Å². The average Bonchev–Trinajstić information content (AvgIpc) is 3.16. The number of hydrogen-bond acceptors (Lipinski definition) is 5. The normalized spacial score (nSPS) is 22.2. The van der Waals surface area contributed by atoms with E-state index in [2.05, 4.69) is 20.5 Å². The summed E-state index contributed by atoms with van der Waals surface area (Å²) in [5.74, 6) is 0.957. The Morgan fingerprint density at radius 1 is 1.38 bits per heavy atom. The molecule has 0 unspecified atom stereocenters. The van der Waals surface area contributed by atoms with Gasteiger partial charge in [-0.15, -0.1) is 0 Å². The number of hydrogen-bond donors (Lipinski definition) is 2. The first-order valence-corrected chi connectivity index (χ1v) is 8.66. The summed E-state index contributed by atoms with van der Waals surface area (Å²) in [6, 6.07) is 3.85. The van der Waals surface area contributed by atoms with Gasteiger partial charge in [0.05, 0.1) is 25.4 Å². The van der Waals surface area contributed by atoms with E-state index in [0.717, 1.165) is 57.1 Å². The van der Waals surface area contributed by atoms with Crippen LogP contribution in [0.4, 0.5) is 10.6 Å². The second kappa shape index (κ2) is 8.30. The molecule has 0 spiro atoms. The van der Waals surface area contributed by atoms with Gasteiger partial charge in [0, 0.05) is 32.4 Å². The Bertz CT molecular complexity index is 525. The van der Waals surface area contributed by atoms with Crippen LogP contribution >= 0.6 is 0 Å². The highest BCUT2D eigenvalue weighted by Crippen LogP contribution is 2.15. The number of aromatic nitrogens is 1. The van der Waals surface area contributed by atoms with Crippen molar-refractivity contribution in [3.8, 4) is 0 Å². The molecule has 0 aliphatic carbocycles. The van der Waals surface area contributed by atoms with Crippen LogP contribution in [0.1, 0.15) is 25.3 Å². The molecule has 132 valence electrons. The average molecular weight is 334 g/mol. The van der Waals surface area contributed by atoms with Crippen LogP contribution in [0, 0.1) is 0 Å². The molecule has 7 heteroatoms. The van der Waals surface area contributed by atoms with E-state index in [0.29, 0.717) is 6.54 Å². The van der Waals surface area contributed by atoms with Gasteiger partial charge in [0.25, 0.3) is 0 Å². The van der Waals surface area contributed by atoms with Crippen LogP contribution in [0.3, 0.4) is 0 Å². The van der Waals surface area contributed by atoms with Gasteiger partial charge in [-0.25, -0.2) is 9.78 Å². The first kappa shape index (κ1) is 17.0. The van der Waals surface area contributed by atoms with Crippen molar-refractivity contribution >= 4 is 11.8 Å². The maximum Gasteiger partial charge on any atom is 0.315 e. The van der Waals surface area contributed by atoms with E-state index in [1.54, 1.807) is 0 Å². The summed E-state index contributed by atoms with van der Waals surface area (Å²) in [4.78, 5) is 18.7. The minimum absolute atomic E-state index is 0.0225. The Hall–Kier alpha value is -1.86. The highest BCUT2D eigenvalue weighted by molar-refractivity contribution is 5.74. The molecule has 2 atom stereocenters. The van der Waals surface area contributed by atoms with Gasteiger partial charge >= 0.3 is 6.03 Å². The summed E-state index contributed by atoms with van der Waals surface area (Å²) >= 11 is 0. The van der Waals surface area contributed by atoms with Crippen molar-refractivity contribution in [2.45, 2.75) is 38.5 Å². The van der Waals surface area contributed by atoms with E-state index in [4.69, 9.17) is 9.47 Å². The Balaban J connectivity index is 1.43. The van der Waals surface area contributed by atoms with Crippen molar-refractivity contribution in [1.29, 1.82) is 0 Å². The van der Waals surface area contributed by atoms with Crippen molar-refractivity contribution in [3.05, 3.63) is 23.9 Å². The zero-order chi connectivity index (χ0) is 16.8. The quantitative estimate of drug-likeness (QED) is 0.848. The fourth-order valence-corrected chi connectivity index (χ4v) is 3.03. The molecule has 0 radical (unpaired) electrons. The van der Waals surface area contributed by atoms with E-state index in [1.807, 2.05) is 25.3 Å². The highest BCUT2D eigenvalue weighted by atomic mass is 16.5. The molecular weight excluding hydrogens is 308 g/mol. The fraction of sp³-hybridized carbons (Fsp3) is 0.647. The molecule has 3 rings (SSSR count). The summed E-state index contributed by atoms with van der Waals surface area (Å²) in [6.45, 7) is 6.46. The van der Waals surface area contributed by atoms with Crippen molar-refractivity contribution in [1.82, 2.24) is 15.6 Å². The van der Waals surface area contributed by atoms with Gasteiger partial charge < -0.3 is 25.0 Å². The van der Waals surface area contributed by atoms with Crippen LogP contribution in [0.2, 0.25) is 0 Å². The molecule has 0 saturated carbocycles. The van der Waals surface area contributed by atoms with Crippen LogP contribution < -0.4 is 15.5 Å². The monoisotopic (exact) mass is 334 g/mol. The Kier molecular flexibility index (Phi) is 5.87. The van der Waals surface area contributed by atoms with Crippen molar-refractivity contribution in [2.75, 3.05) is 37.8 Å². The molecule has 3 heterocycles. The number of urea groups is 1. The summed E-state index contributed by atoms with van der Waals surface area (Å²) in [5.41, 5.74) is 0.979. The summed E-state index contributed by atoms with van der Waals surface area (Å²) in [7, 11) is 0. The van der Waals surface area contributed by atoms with E-state index >= 15 is 0 Å². The lowest BCUT2D eigenvalue weighted by Gasteiger charge is -2.27. The summed E-state index contributed by atoms with van der Waals surface area (Å²) in [6.07, 6.45) is 4.02. The molecule has 2 saturated heterocycles. The van der Waals surface area contributed by atoms with Crippen molar-refractivity contribution < 1.29 is 14.3 Å². The van der Waals surface area contributed by atoms with E-state index in [-0.39, 0.29) is 18.2 Å². The largest absolute Gasteiger partial charge is 0.378 e. The number of nitrogens with zero attached hydrogens (tertiary/aromatic N) is 2. The molecule has 2 aliphatic rings. The second-order valence-corrected chi connectivity index (χ2v) is 6.29. The third kappa shape index (κ3) is 4.58. The van der Waals surface area contributed by atoms with Gasteiger partial charge in [0.15, 0.2) is 0 Å². The molecular formula is C17H26N4O3. The molecule has 2 N–H and O–H groups in total. The maximum absolute atomic E-state index is 12.0. The SMILES string of the molecule is C[C@H](NC(=O)NCc1ccc(N2CCOCC2)nc1)[C@H]1CCCO1. The fourth-order valence-electron chi connectivity index (χ4n) is 3.03. The molecule has 0 aromatic carbocycles. The van der Waals surface area contributed by atoms with Gasteiger partial charge in [0.1, 0.15) is 5.82 Å². The van der Waals surface area contributed by atoms with E-state index in [9.17, 15) is 4.79 Å². The molecule has 2 fully saturated rings. The number of amides is 2. The minimum Gasteiger partial charge on any atom is -0.378 e. The molecule has 2 aliphatic heterocycles. The number of rotatable bonds is 5. The van der Waals surface area contributed by atoms with E-state index in [1.165, 1.54) is 0 Å². The lowest BCUT2D eigenvalue weighted by Crippen LogP contribution is -2.45. The van der Waals surface area contributed by atoms with Crippen molar-refractivity contribution in [3.63, 3.8) is 0 Å². The van der Waals surface area contributed by atoms with Crippen LogP contribution in [-0.2, 0) is 16.0 Å². The number of ether oxygens (including phenoxy) is 2. The first-order chi connectivity index (χ1) is 11.7. The maximum atomic E-state index is 12.0. The summed E-state index contributed by atoms with van der Waals surface area (Å²) < 4.78 is 10.9. The van der Waals surface area contributed by atoms with Crippen LogP contribution in [0.25, 0.3) is 0 Å². The Morgan fingerprint density at radius 2 is 2.21 bits per heavy atom. The lowest BCUT2D eigenvalue weighted by molar-refractivity contribution is 0.0860. The van der Waals surface area contributed by atoms with Gasteiger partial charge in [-0.3, -0.25) is 0 Å². The second-order valence-electron chi connectivity index (χ2n) is 6.29. The lowest BCUT2D eigenvalue weighted by atomic mass is 10.1. The zero-order valence-corrected chi connectivity index (χ0v) is 14.2. The third-order valence-corrected chi connectivity index (χ3v) is 4.48. The zero-order valence-electron chi connectivity index (χ0n) is 14.2. The molecule has 1 aromatic heterocycles. The predicted molar refractivity (Wildman–Crippen MR) is 91.1 cm³/mol. The summed E-state index contributed by atoms with van der Waals surface area (Å²) in [5, 5.41) is 5.81. The number of nitrogens with one attached hydrogen (secondary N) is 2. The molecule has 24 heavy (non-hydrogen) atoms. The number of anilines is 1. The van der Waals surface area contributed by atoms with E-state index < -0.39 is 0 Å². The highest BCUT2D eigenvalue weighted by Gasteiger charge is 2.23. The topological polar surface area (TPSA) is 75.7 Å². The molecule has 2 amide bonds. The van der Waals surface area contributed by atoms with Crippen LogP contribution in [0.5, 0.6) is 0 Å². The third-order valence-electron chi connectivity index (χ3n) is 4.48. The number of pyridine rings is 1. The number of morpholine rings is 1.